The first-order chi connectivity index (χ1) is 42.5. The number of nitrogens with zero attached hydrogens (tertiary/aromatic N) is 4. The molecule has 2 aromatic heterocycles. The van der Waals surface area contributed by atoms with Gasteiger partial charge < -0.3 is 19.1 Å². The molecule has 10 aromatic rings. The molecule has 0 fully saturated rings. The Balaban J connectivity index is 0.00000867. The molecule has 12 rings (SSSR count). The number of hydrogen-bond donors (Lipinski definition) is 0. The van der Waals surface area contributed by atoms with Gasteiger partial charge in [0, 0.05) is 78.0 Å². The Labute approximate surface area is 506 Å². The minimum Gasteiger partial charge on any atom is -0.509 e. The van der Waals surface area contributed by atoms with Gasteiger partial charge in [-0.3, -0.25) is 0 Å². The number of pyridine rings is 1. The van der Waals surface area contributed by atoms with Crippen LogP contribution < -0.4 is 14.5 Å². The van der Waals surface area contributed by atoms with Crippen molar-refractivity contribution < 1.29 is 42.3 Å². The first-order valence-corrected chi connectivity index (χ1v) is 27.3. The molecule has 6 heteroatoms. The summed E-state index contributed by atoms with van der Waals surface area (Å²) in [5.41, 5.74) is 8.96. The molecule has 0 amide bonds. The van der Waals surface area contributed by atoms with E-state index in [1.807, 2.05) is 62.7 Å². The van der Waals surface area contributed by atoms with E-state index in [0.29, 0.717) is 44.6 Å². The topological polar surface area (TPSA) is 33.5 Å². The van der Waals surface area contributed by atoms with E-state index in [1.54, 1.807) is 28.8 Å². The molecule has 0 spiro atoms. The molecule has 408 valence electrons. The zero-order chi connectivity index (χ0) is 65.8. The van der Waals surface area contributed by atoms with Crippen LogP contribution in [0.25, 0.3) is 61.0 Å². The van der Waals surface area contributed by atoms with Gasteiger partial charge in [0.25, 0.3) is 0 Å². The van der Waals surface area contributed by atoms with Gasteiger partial charge >= 0.3 is 0 Å². The van der Waals surface area contributed by atoms with Crippen molar-refractivity contribution in [2.75, 3.05) is 9.80 Å². The third-order valence-electron chi connectivity index (χ3n) is 15.9. The minimum atomic E-state index is -0.698. The fraction of sp³-hybridized carbons (Fsp3) is 0.270. The summed E-state index contributed by atoms with van der Waals surface area (Å²) in [5, 5.41) is 0.679. The molecule has 0 bridgehead atoms. The van der Waals surface area contributed by atoms with Gasteiger partial charge in [-0.15, -0.1) is 48.1 Å². The second-order valence-electron chi connectivity index (χ2n) is 25.6. The average molecular weight is 1240 g/mol. The van der Waals surface area contributed by atoms with Gasteiger partial charge in [-0.25, -0.2) is 4.98 Å². The summed E-state index contributed by atoms with van der Waals surface area (Å²) < 4.78 is 118. The molecule has 1 aliphatic carbocycles. The van der Waals surface area contributed by atoms with Crippen molar-refractivity contribution in [1.29, 1.82) is 0 Å². The standard InChI is InChI=1S/C74H73N4O.Pt/c1-70(2,3)51-26-21-25-49(39-51)58-41-52(71(4,5)6)42-59(50-33-36-61-63(40-50)74(12,13)38-37-73(61,10)11)69(58)77-47-76(65-31-19-20-32-66(65)77)53-27-22-28-54(43-53)79-55-34-35-57-56-29-17-18-30-64(56)78(67(57)44-55)68-45-62(72(7,8)9)60(46-75-68)48-23-15-14-16-24-48;/h14-36,39-42,45-47H,37-38H2,1-13H3;/q-3;/i14D,15D,16D,17D,18D,23D,24D,29D,30D,33D,36D,40D;. The molecule has 0 saturated carbocycles. The molecule has 8 aromatic carbocycles. The Morgan fingerprint density at radius 1 is 0.562 bits per heavy atom. The largest absolute Gasteiger partial charge is 0.509 e. The van der Waals surface area contributed by atoms with Crippen LogP contribution >= 0.6 is 0 Å². The fourth-order valence-corrected chi connectivity index (χ4v) is 11.2. The zero-order valence-electron chi connectivity index (χ0n) is 59.8. The predicted octanol–water partition coefficient (Wildman–Crippen LogP) is 20.2. The number of rotatable bonds is 8. The van der Waals surface area contributed by atoms with Gasteiger partial charge in [-0.1, -0.05) is 198 Å². The Hall–Kier alpha value is -7.20. The molecular formula is C74H73N4OPt-3. The number of anilines is 4. The van der Waals surface area contributed by atoms with Gasteiger partial charge in [0.1, 0.15) is 5.82 Å². The van der Waals surface area contributed by atoms with Crippen LogP contribution in [0.3, 0.4) is 0 Å². The number of aromatic nitrogens is 2. The van der Waals surface area contributed by atoms with Gasteiger partial charge in [0.05, 0.1) is 16.4 Å². The maximum atomic E-state index is 10.4. The Morgan fingerprint density at radius 2 is 1.21 bits per heavy atom. The van der Waals surface area contributed by atoms with Crippen molar-refractivity contribution in [3.8, 4) is 50.7 Å². The van der Waals surface area contributed by atoms with Crippen molar-refractivity contribution in [2.45, 2.75) is 130 Å². The SMILES string of the molecule is [2H]c1c([2H])c([2H])c(-c2cnc(-n3c4[c-]c(Oc5[c-]c(N6[CH-]N(c7c(-c8cccc(C(C)(C)C)c8)cc(C(C)(C)C)cc7-c7c([2H])c([2H])c8c(c7[2H])C(C)(C)CCC8(C)C)c7ccccc76)ccc5)ccc4c4c([2H])c([2H])c([2H])c([2H])c43)cc2C(C)(C)C)c([2H])c1[2H].[Pt]. The minimum absolute atomic E-state index is 0. The molecule has 2 aliphatic rings. The van der Waals surface area contributed by atoms with Crippen molar-refractivity contribution in [3.05, 3.63) is 222 Å². The Kier molecular flexibility index (Phi) is 10.5. The first kappa shape index (κ1) is 41.8. The normalized spacial score (nSPS) is 17.1. The molecule has 0 N–H and O–H groups in total. The molecular weight excluding hydrogens is 1160 g/mol. The average Bonchev–Trinajstić information content (AvgIpc) is 1.16. The number of hydrogen-bond acceptors (Lipinski definition) is 4. The molecule has 80 heavy (non-hydrogen) atoms. The van der Waals surface area contributed by atoms with Crippen LogP contribution in [0.4, 0.5) is 22.7 Å². The molecule has 3 heterocycles. The van der Waals surface area contributed by atoms with Crippen molar-refractivity contribution in [3.63, 3.8) is 0 Å². The Bertz CT molecular complexity index is 4700. The van der Waals surface area contributed by atoms with Gasteiger partial charge in [0.15, 0.2) is 0 Å². The van der Waals surface area contributed by atoms with Gasteiger partial charge in [-0.2, -0.15) is 12.1 Å². The zero-order valence-corrected chi connectivity index (χ0v) is 50.1. The Morgan fingerprint density at radius 3 is 1.93 bits per heavy atom. The van der Waals surface area contributed by atoms with E-state index in [1.165, 1.54) is 6.20 Å². The molecule has 0 unspecified atom stereocenters. The summed E-state index contributed by atoms with van der Waals surface area (Å²) in [6.07, 6.45) is 3.12. The number of fused-ring (bicyclic) bond motifs is 5. The van der Waals surface area contributed by atoms with Crippen LogP contribution in [-0.4, -0.2) is 9.55 Å². The monoisotopic (exact) mass is 1240 g/mol. The molecule has 0 atom stereocenters. The van der Waals surface area contributed by atoms with E-state index < -0.39 is 46.5 Å². The predicted molar refractivity (Wildman–Crippen MR) is 332 cm³/mol. The van der Waals surface area contributed by atoms with E-state index >= 15 is 0 Å². The van der Waals surface area contributed by atoms with E-state index in [4.69, 9.17) is 19.3 Å². The summed E-state index contributed by atoms with van der Waals surface area (Å²) in [5.74, 6) is 0.781. The molecule has 0 saturated heterocycles. The van der Waals surface area contributed by atoms with Gasteiger partial charge in [0.2, 0.25) is 0 Å². The number of benzene rings is 8. The third kappa shape index (κ3) is 9.88. The van der Waals surface area contributed by atoms with Gasteiger partial charge in [-0.05, 0) is 126 Å². The molecule has 1 aliphatic heterocycles. The number of para-hydroxylation sites is 3. The third-order valence-corrected chi connectivity index (χ3v) is 15.9. The van der Waals surface area contributed by atoms with E-state index in [2.05, 4.69) is 129 Å². The smallest absolute Gasteiger partial charge is 0.135 e. The van der Waals surface area contributed by atoms with Crippen LogP contribution in [0.15, 0.2) is 176 Å². The molecule has 5 nitrogen and oxygen atoms in total. The van der Waals surface area contributed by atoms with Crippen molar-refractivity contribution in [2.24, 2.45) is 0 Å². The second kappa shape index (κ2) is 20.1. The van der Waals surface area contributed by atoms with Crippen LogP contribution in [0, 0.1) is 18.8 Å². The maximum absolute atomic E-state index is 10.4. The summed E-state index contributed by atoms with van der Waals surface area (Å²) in [6.45, 7) is 29.6. The number of ether oxygens (including phenoxy) is 1. The fourth-order valence-electron chi connectivity index (χ4n) is 11.2. The van der Waals surface area contributed by atoms with Crippen LogP contribution in [0.5, 0.6) is 11.5 Å². The summed E-state index contributed by atoms with van der Waals surface area (Å²) in [6, 6.07) is 35.5. The van der Waals surface area contributed by atoms with Crippen LogP contribution in [-0.2, 0) is 48.1 Å². The molecule has 0 radical (unpaired) electrons. The van der Waals surface area contributed by atoms with Crippen molar-refractivity contribution >= 4 is 44.6 Å². The summed E-state index contributed by atoms with van der Waals surface area (Å²) >= 11 is 0. The maximum Gasteiger partial charge on any atom is 0.135 e. The summed E-state index contributed by atoms with van der Waals surface area (Å²) in [4.78, 5) is 9.04. The van der Waals surface area contributed by atoms with Crippen molar-refractivity contribution in [1.82, 2.24) is 9.55 Å². The second-order valence-corrected chi connectivity index (χ2v) is 25.6. The van der Waals surface area contributed by atoms with E-state index in [-0.39, 0.29) is 102 Å². The van der Waals surface area contributed by atoms with Crippen LogP contribution in [0.2, 0.25) is 0 Å². The first-order valence-electron chi connectivity index (χ1n) is 33.3. The quantitative estimate of drug-likeness (QED) is 0.142. The van der Waals surface area contributed by atoms with E-state index in [0.717, 1.165) is 63.3 Å². The van der Waals surface area contributed by atoms with Crippen LogP contribution in [0.1, 0.15) is 147 Å². The van der Waals surface area contributed by atoms with E-state index in [9.17, 15) is 6.85 Å². The summed E-state index contributed by atoms with van der Waals surface area (Å²) in [7, 11) is 0.